The third-order valence-corrected chi connectivity index (χ3v) is 7.05. The highest BCUT2D eigenvalue weighted by atomic mass is 16.5. The highest BCUT2D eigenvalue weighted by molar-refractivity contribution is 5.52. The minimum absolute atomic E-state index is 0.472. The van der Waals surface area contributed by atoms with E-state index in [0.29, 0.717) is 38.7 Å². The summed E-state index contributed by atoms with van der Waals surface area (Å²) < 4.78 is 25.1. The number of para-hydroxylation sites is 3. The second kappa shape index (κ2) is 26.2. The lowest BCUT2D eigenvalue weighted by molar-refractivity contribution is 0.185. The maximum absolute atomic E-state index is 8.51. The first-order valence-electron chi connectivity index (χ1n) is 16.3. The molecule has 0 aliphatic rings. The fourth-order valence-electron chi connectivity index (χ4n) is 4.46. The van der Waals surface area contributed by atoms with E-state index >= 15 is 0 Å². The van der Waals surface area contributed by atoms with E-state index in [1.54, 1.807) is 41.6 Å². The minimum atomic E-state index is 0.472. The van der Waals surface area contributed by atoms with Gasteiger partial charge in [0.05, 0.1) is 50.0 Å². The van der Waals surface area contributed by atoms with Crippen molar-refractivity contribution in [2.45, 2.75) is 33.0 Å². The van der Waals surface area contributed by atoms with Gasteiger partial charge in [-0.2, -0.15) is 0 Å². The largest absolute Gasteiger partial charge is 0.398 e. The van der Waals surface area contributed by atoms with Crippen LogP contribution in [-0.4, -0.2) is 35.5 Å². The van der Waals surface area contributed by atoms with E-state index in [1.165, 1.54) is 0 Å². The van der Waals surface area contributed by atoms with Gasteiger partial charge in [0.2, 0.25) is 5.39 Å². The van der Waals surface area contributed by atoms with Crippen LogP contribution in [0.4, 0.5) is 28.4 Å². The van der Waals surface area contributed by atoms with Gasteiger partial charge in [-0.1, -0.05) is 90.2 Å². The summed E-state index contributed by atoms with van der Waals surface area (Å²) in [5.74, 6) is 0. The first-order valence-corrected chi connectivity index (χ1v) is 16.3. The van der Waals surface area contributed by atoms with Crippen LogP contribution in [0.3, 0.4) is 0 Å². The Balaban J connectivity index is 0.000000257. The van der Waals surface area contributed by atoms with Gasteiger partial charge in [-0.3, -0.25) is 5.43 Å². The number of benzene rings is 5. The molecule has 0 atom stereocenters. The molecule has 274 valence electrons. The van der Waals surface area contributed by atoms with Crippen molar-refractivity contribution in [1.82, 2.24) is 0 Å². The molecule has 52 heavy (non-hydrogen) atoms. The summed E-state index contributed by atoms with van der Waals surface area (Å²) in [7, 11) is 8.25. The van der Waals surface area contributed by atoms with Crippen molar-refractivity contribution in [2.24, 2.45) is 10.3 Å². The lowest BCUT2D eigenvalue weighted by Crippen LogP contribution is -1.95. The molecule has 5 aromatic rings. The first-order chi connectivity index (χ1) is 25.4. The van der Waals surface area contributed by atoms with Gasteiger partial charge in [-0.15, -0.1) is 5.11 Å². The van der Waals surface area contributed by atoms with Crippen molar-refractivity contribution in [3.8, 4) is 0 Å². The molecular formula is C40H50N7O5+. The summed E-state index contributed by atoms with van der Waals surface area (Å²) in [5.41, 5.74) is 23.0. The standard InChI is InChI=1S/C16H19N3O2.C8H9N2O.2C8H11NO/c1-20-11-13-7-3-5-9-15(13)17-19-18-16-10-6-4-8-14(16)12-21-2;1-11-6-7-4-2-3-5-8(7)10-9;2*1-10-6-7-4-2-3-5-8(7)9/h3-10H,11-12H2,1-2H3,(H,17,18);2-5H,6H2,1H3;2*2-5H,6,9H2,1H3/q;+1;;. The zero-order valence-electron chi connectivity index (χ0n) is 30.6. The highest BCUT2D eigenvalue weighted by Gasteiger charge is 2.10. The average molecular weight is 709 g/mol. The van der Waals surface area contributed by atoms with Crippen molar-refractivity contribution in [2.75, 3.05) is 52.4 Å². The normalized spacial score (nSPS) is 10.1. The number of ether oxygens (including phenoxy) is 5. The van der Waals surface area contributed by atoms with Gasteiger partial charge in [-0.25, -0.2) is 0 Å². The van der Waals surface area contributed by atoms with E-state index in [4.69, 9.17) is 40.5 Å². The molecule has 0 radical (unpaired) electrons. The number of nitrogens with two attached hydrogens (primary N) is 2. The Kier molecular flexibility index (Phi) is 21.4. The molecule has 5 aromatic carbocycles. The van der Waals surface area contributed by atoms with E-state index in [-0.39, 0.29) is 0 Å². The van der Waals surface area contributed by atoms with E-state index < -0.39 is 0 Å². The molecule has 0 amide bonds. The summed E-state index contributed by atoms with van der Waals surface area (Å²) >= 11 is 0. The van der Waals surface area contributed by atoms with Gasteiger partial charge >= 0.3 is 5.69 Å². The summed E-state index contributed by atoms with van der Waals surface area (Å²) in [5, 5.41) is 16.8. The van der Waals surface area contributed by atoms with E-state index in [0.717, 1.165) is 50.6 Å². The second-order valence-electron chi connectivity index (χ2n) is 10.9. The third-order valence-electron chi connectivity index (χ3n) is 7.05. The SMILES string of the molecule is COCc1ccccc1N.COCc1ccccc1N.COCc1ccccc1N=NNc1ccccc1COC.COCc1ccccc1[N+]#N. The molecule has 0 aliphatic heterocycles. The molecule has 5 rings (SSSR count). The summed E-state index contributed by atoms with van der Waals surface area (Å²) in [6, 6.07) is 38.2. The number of nitrogen functional groups attached to an aromatic ring is 2. The second-order valence-corrected chi connectivity index (χ2v) is 10.9. The molecule has 0 bridgehead atoms. The molecule has 5 N–H and O–H groups in total. The number of hydrogen-bond acceptors (Lipinski definition) is 10. The third kappa shape index (κ3) is 15.9. The molecule has 0 heterocycles. The zero-order chi connectivity index (χ0) is 37.8. The number of nitrogens with one attached hydrogen (secondary N) is 1. The number of methoxy groups -OCH3 is 5. The van der Waals surface area contributed by atoms with Crippen molar-refractivity contribution in [1.29, 1.82) is 5.39 Å². The molecule has 0 saturated carbocycles. The van der Waals surface area contributed by atoms with Crippen molar-refractivity contribution < 1.29 is 23.7 Å². The fraction of sp³-hybridized carbons (Fsp3) is 0.250. The highest BCUT2D eigenvalue weighted by Crippen LogP contribution is 2.22. The number of nitrogens with zero attached hydrogens (tertiary/aromatic N) is 4. The van der Waals surface area contributed by atoms with Crippen LogP contribution in [0.1, 0.15) is 27.8 Å². The number of anilines is 3. The number of diazo groups is 1. The van der Waals surface area contributed by atoms with Crippen molar-refractivity contribution in [3.05, 3.63) is 154 Å². The topological polar surface area (TPSA) is 163 Å². The van der Waals surface area contributed by atoms with Crippen LogP contribution in [0.15, 0.2) is 132 Å². The Hall–Kier alpha value is -5.68. The predicted octanol–water partition coefficient (Wildman–Crippen LogP) is 9.24. The van der Waals surface area contributed by atoms with Gasteiger partial charge in [-0.05, 0) is 30.3 Å². The average Bonchev–Trinajstić information content (AvgIpc) is 3.16. The van der Waals surface area contributed by atoms with Crippen LogP contribution in [0.25, 0.3) is 4.98 Å². The van der Waals surface area contributed by atoms with E-state index in [2.05, 4.69) is 20.7 Å². The summed E-state index contributed by atoms with van der Waals surface area (Å²) in [4.78, 5) is 3.11. The molecule has 12 heteroatoms. The van der Waals surface area contributed by atoms with Gasteiger partial charge in [0.15, 0.2) is 4.98 Å². The Bertz CT molecular complexity index is 1750. The smallest absolute Gasteiger partial charge is 0.390 e. The van der Waals surface area contributed by atoms with Crippen LogP contribution < -0.4 is 16.9 Å². The molecule has 0 unspecified atom stereocenters. The van der Waals surface area contributed by atoms with Crippen LogP contribution in [0.2, 0.25) is 0 Å². The van der Waals surface area contributed by atoms with Crippen molar-refractivity contribution >= 4 is 28.4 Å². The molecular weight excluding hydrogens is 658 g/mol. The molecule has 0 aromatic heterocycles. The Labute approximate surface area is 307 Å². The van der Waals surface area contributed by atoms with Gasteiger partial charge in [0.25, 0.3) is 0 Å². The summed E-state index contributed by atoms with van der Waals surface area (Å²) in [6.45, 7) is 2.69. The lowest BCUT2D eigenvalue weighted by Gasteiger charge is -2.07. The van der Waals surface area contributed by atoms with Crippen LogP contribution >= 0.6 is 0 Å². The Morgan fingerprint density at radius 1 is 0.500 bits per heavy atom. The summed E-state index contributed by atoms with van der Waals surface area (Å²) in [6.07, 6.45) is 0. The molecule has 0 aliphatic carbocycles. The van der Waals surface area contributed by atoms with Crippen LogP contribution in [-0.2, 0) is 56.7 Å². The first kappa shape index (κ1) is 42.5. The molecule has 0 fully saturated rings. The van der Waals surface area contributed by atoms with E-state index in [1.807, 2.05) is 115 Å². The molecule has 0 spiro atoms. The van der Waals surface area contributed by atoms with Crippen LogP contribution in [0.5, 0.6) is 0 Å². The van der Waals surface area contributed by atoms with Gasteiger partial charge < -0.3 is 35.2 Å². The van der Waals surface area contributed by atoms with Crippen molar-refractivity contribution in [3.63, 3.8) is 0 Å². The number of hydrogen-bond donors (Lipinski definition) is 3. The number of rotatable bonds is 13. The zero-order valence-corrected chi connectivity index (χ0v) is 30.6. The Morgan fingerprint density at radius 2 is 0.885 bits per heavy atom. The van der Waals surface area contributed by atoms with Gasteiger partial charge in [0.1, 0.15) is 0 Å². The monoisotopic (exact) mass is 708 g/mol. The maximum Gasteiger partial charge on any atom is 0.390 e. The molecule has 12 nitrogen and oxygen atoms in total. The minimum Gasteiger partial charge on any atom is -0.398 e. The Morgan fingerprint density at radius 3 is 1.40 bits per heavy atom. The predicted molar refractivity (Wildman–Crippen MR) is 207 cm³/mol. The van der Waals surface area contributed by atoms with Gasteiger partial charge in [0, 0.05) is 75.2 Å². The quantitative estimate of drug-likeness (QED) is 0.0468. The fourth-order valence-corrected chi connectivity index (χ4v) is 4.46. The maximum atomic E-state index is 8.51. The van der Waals surface area contributed by atoms with E-state index in [9.17, 15) is 0 Å². The van der Waals surface area contributed by atoms with Crippen LogP contribution in [0, 0.1) is 5.39 Å². The lowest BCUT2D eigenvalue weighted by atomic mass is 10.2. The molecule has 0 saturated heterocycles.